The zero-order valence-corrected chi connectivity index (χ0v) is 19.2. The lowest BCUT2D eigenvalue weighted by molar-refractivity contribution is -0.129. The highest BCUT2D eigenvalue weighted by Crippen LogP contribution is 2.29. The standard InChI is InChI=1S/C27H24ClN3O3/c1-19(34-18-20-10-5-3-6-11-20)9-4-2-7-14-23-16-24(21-12-8-13-22(28)15-21)29-26-17-25(27(32)33)30-31(23)26/h2-13,15-16,26H,1,14,17-18H2,(H,32,33)/b7-2-,9-4-. The molecule has 0 saturated heterocycles. The number of hydrazone groups is 1. The third kappa shape index (κ3) is 5.91. The van der Waals surface area contributed by atoms with Gasteiger partial charge in [-0.25, -0.2) is 9.80 Å². The van der Waals surface area contributed by atoms with Crippen molar-refractivity contribution in [3.8, 4) is 0 Å². The third-order valence-electron chi connectivity index (χ3n) is 5.26. The summed E-state index contributed by atoms with van der Waals surface area (Å²) < 4.78 is 5.65. The zero-order chi connectivity index (χ0) is 23.9. The molecule has 0 aromatic heterocycles. The minimum Gasteiger partial charge on any atom is -0.490 e. The molecule has 0 fully saturated rings. The number of rotatable bonds is 9. The summed E-state index contributed by atoms with van der Waals surface area (Å²) in [5.41, 5.74) is 3.67. The highest BCUT2D eigenvalue weighted by atomic mass is 35.5. The molecule has 1 atom stereocenters. The predicted octanol–water partition coefficient (Wildman–Crippen LogP) is 5.73. The van der Waals surface area contributed by atoms with Crippen LogP contribution in [0.15, 0.2) is 113 Å². The van der Waals surface area contributed by atoms with Crippen LogP contribution in [0.4, 0.5) is 0 Å². The molecular formula is C27H24ClN3O3. The maximum absolute atomic E-state index is 11.5. The fourth-order valence-corrected chi connectivity index (χ4v) is 3.78. The molecule has 0 radical (unpaired) electrons. The Kier molecular flexibility index (Phi) is 7.40. The summed E-state index contributed by atoms with van der Waals surface area (Å²) >= 11 is 6.15. The number of fused-ring (bicyclic) bond motifs is 1. The Bertz CT molecular complexity index is 1230. The van der Waals surface area contributed by atoms with Crippen LogP contribution in [0.1, 0.15) is 24.0 Å². The molecule has 6 nitrogen and oxygen atoms in total. The van der Waals surface area contributed by atoms with Gasteiger partial charge in [0, 0.05) is 29.1 Å². The smallest absolute Gasteiger partial charge is 0.352 e. The summed E-state index contributed by atoms with van der Waals surface area (Å²) in [4.78, 5) is 16.2. The van der Waals surface area contributed by atoms with Gasteiger partial charge in [0.1, 0.15) is 24.2 Å². The van der Waals surface area contributed by atoms with Gasteiger partial charge in [-0.2, -0.15) is 5.10 Å². The maximum Gasteiger partial charge on any atom is 0.352 e. The number of aliphatic imine (C=N–C) groups is 1. The molecule has 0 spiro atoms. The fourth-order valence-electron chi connectivity index (χ4n) is 3.59. The fraction of sp³-hybridized carbons (Fsp3) is 0.148. The maximum atomic E-state index is 11.5. The molecule has 172 valence electrons. The molecule has 0 aliphatic carbocycles. The van der Waals surface area contributed by atoms with Gasteiger partial charge in [0.15, 0.2) is 0 Å². The lowest BCUT2D eigenvalue weighted by atomic mass is 10.1. The zero-order valence-electron chi connectivity index (χ0n) is 18.5. The number of aliphatic carboxylic acids is 1. The monoisotopic (exact) mass is 473 g/mol. The van der Waals surface area contributed by atoms with Gasteiger partial charge in [-0.3, -0.25) is 4.99 Å². The molecule has 0 bridgehead atoms. The Hall–Kier alpha value is -3.90. The van der Waals surface area contributed by atoms with E-state index in [1.54, 1.807) is 17.2 Å². The molecule has 0 amide bonds. The predicted molar refractivity (Wildman–Crippen MR) is 135 cm³/mol. The quantitative estimate of drug-likeness (QED) is 0.372. The molecular weight excluding hydrogens is 450 g/mol. The second-order valence-corrected chi connectivity index (χ2v) is 8.21. The van der Waals surface area contributed by atoms with Crippen LogP contribution in [0.25, 0.3) is 0 Å². The van der Waals surface area contributed by atoms with Gasteiger partial charge in [-0.1, -0.05) is 78.9 Å². The Morgan fingerprint density at radius 2 is 2.03 bits per heavy atom. The van der Waals surface area contributed by atoms with Crippen LogP contribution >= 0.6 is 11.6 Å². The van der Waals surface area contributed by atoms with Crippen molar-refractivity contribution in [2.24, 2.45) is 10.1 Å². The van der Waals surface area contributed by atoms with Crippen LogP contribution in [0.3, 0.4) is 0 Å². The van der Waals surface area contributed by atoms with Crippen LogP contribution in [-0.4, -0.2) is 33.7 Å². The highest BCUT2D eigenvalue weighted by molar-refractivity contribution is 6.36. The van der Waals surface area contributed by atoms with E-state index in [2.05, 4.69) is 11.7 Å². The number of halogens is 1. The van der Waals surface area contributed by atoms with Crippen molar-refractivity contribution in [2.45, 2.75) is 25.6 Å². The minimum absolute atomic E-state index is 0.0998. The van der Waals surface area contributed by atoms with Gasteiger partial charge in [-0.05, 0) is 29.8 Å². The SMILES string of the molecule is C=C(/C=C\C=C/CC1=CC(c2cccc(Cl)c2)=NC2CC(C(=O)O)=NN12)OCc1ccccc1. The summed E-state index contributed by atoms with van der Waals surface area (Å²) in [5, 5.41) is 16.0. The Labute approximate surface area is 203 Å². The van der Waals surface area contributed by atoms with Gasteiger partial charge >= 0.3 is 5.97 Å². The van der Waals surface area contributed by atoms with Crippen molar-refractivity contribution in [3.05, 3.63) is 119 Å². The molecule has 2 aromatic carbocycles. The molecule has 1 N–H and O–H groups in total. The second-order valence-electron chi connectivity index (χ2n) is 7.77. The first-order valence-corrected chi connectivity index (χ1v) is 11.2. The number of hydrogen-bond donors (Lipinski definition) is 1. The average molecular weight is 474 g/mol. The second kappa shape index (κ2) is 10.8. The van der Waals surface area contributed by atoms with E-state index in [0.29, 0.717) is 23.8 Å². The summed E-state index contributed by atoms with van der Waals surface area (Å²) in [6.07, 6.45) is 9.87. The van der Waals surface area contributed by atoms with Gasteiger partial charge < -0.3 is 9.84 Å². The number of hydrogen-bond acceptors (Lipinski definition) is 5. The molecule has 2 heterocycles. The van der Waals surface area contributed by atoms with Crippen LogP contribution in [-0.2, 0) is 16.1 Å². The topological polar surface area (TPSA) is 74.5 Å². The van der Waals surface area contributed by atoms with Crippen molar-refractivity contribution < 1.29 is 14.6 Å². The largest absolute Gasteiger partial charge is 0.490 e. The lowest BCUT2D eigenvalue weighted by Gasteiger charge is -2.27. The Balaban J connectivity index is 1.42. The van der Waals surface area contributed by atoms with E-state index in [9.17, 15) is 9.90 Å². The number of benzene rings is 2. The number of ether oxygens (including phenoxy) is 1. The van der Waals surface area contributed by atoms with Gasteiger partial charge in [-0.15, -0.1) is 0 Å². The molecule has 4 rings (SSSR count). The first kappa shape index (κ1) is 23.3. The van der Waals surface area contributed by atoms with Gasteiger partial charge in [0.05, 0.1) is 5.71 Å². The summed E-state index contributed by atoms with van der Waals surface area (Å²) in [7, 11) is 0. The van der Waals surface area contributed by atoms with E-state index in [4.69, 9.17) is 21.3 Å². The number of nitrogens with zero attached hydrogens (tertiary/aromatic N) is 3. The lowest BCUT2D eigenvalue weighted by Crippen LogP contribution is -2.30. The van der Waals surface area contributed by atoms with Gasteiger partial charge in [0.25, 0.3) is 0 Å². The number of carboxylic acids is 1. The molecule has 1 unspecified atom stereocenters. The van der Waals surface area contributed by atoms with Crippen molar-refractivity contribution in [3.63, 3.8) is 0 Å². The summed E-state index contributed by atoms with van der Waals surface area (Å²) in [6.45, 7) is 4.38. The molecule has 7 heteroatoms. The number of carboxylic acid groups (broad SMARTS) is 1. The van der Waals surface area contributed by atoms with Crippen LogP contribution < -0.4 is 0 Å². The summed E-state index contributed by atoms with van der Waals surface area (Å²) in [5.74, 6) is -0.461. The highest BCUT2D eigenvalue weighted by Gasteiger charge is 2.34. The van der Waals surface area contributed by atoms with E-state index in [1.807, 2.05) is 72.8 Å². The molecule has 2 aliphatic rings. The van der Waals surface area contributed by atoms with E-state index in [-0.39, 0.29) is 18.3 Å². The molecule has 34 heavy (non-hydrogen) atoms. The first-order valence-electron chi connectivity index (χ1n) is 10.8. The van der Waals surface area contributed by atoms with E-state index < -0.39 is 5.97 Å². The number of carbonyl (C=O) groups is 1. The normalized spacial score (nSPS) is 17.4. The Morgan fingerprint density at radius 1 is 1.21 bits per heavy atom. The minimum atomic E-state index is -1.03. The third-order valence-corrected chi connectivity index (χ3v) is 5.50. The van der Waals surface area contributed by atoms with Crippen molar-refractivity contribution in [1.29, 1.82) is 0 Å². The molecule has 0 saturated carbocycles. The van der Waals surface area contributed by atoms with Crippen molar-refractivity contribution in [1.82, 2.24) is 5.01 Å². The molecule has 2 aliphatic heterocycles. The Morgan fingerprint density at radius 3 is 2.79 bits per heavy atom. The molecule has 2 aromatic rings. The summed E-state index contributed by atoms with van der Waals surface area (Å²) in [6, 6.07) is 17.4. The van der Waals surface area contributed by atoms with E-state index >= 15 is 0 Å². The van der Waals surface area contributed by atoms with Crippen LogP contribution in [0.5, 0.6) is 0 Å². The van der Waals surface area contributed by atoms with E-state index in [1.165, 1.54) is 0 Å². The van der Waals surface area contributed by atoms with Crippen molar-refractivity contribution in [2.75, 3.05) is 0 Å². The van der Waals surface area contributed by atoms with Crippen LogP contribution in [0, 0.1) is 0 Å². The van der Waals surface area contributed by atoms with E-state index in [0.717, 1.165) is 22.5 Å². The average Bonchev–Trinajstić information content (AvgIpc) is 3.28. The number of allylic oxidation sites excluding steroid dienone is 5. The van der Waals surface area contributed by atoms with Crippen molar-refractivity contribution >= 4 is 29.0 Å². The first-order chi connectivity index (χ1) is 16.5. The van der Waals surface area contributed by atoms with Gasteiger partial charge in [0.2, 0.25) is 0 Å². The van der Waals surface area contributed by atoms with Crippen LogP contribution in [0.2, 0.25) is 5.02 Å².